The Kier molecular flexibility index (Phi) is 8.21. The van der Waals surface area contributed by atoms with Crippen LogP contribution in [0.4, 0.5) is 0 Å². The first kappa shape index (κ1) is 20.9. The maximum absolute atomic E-state index is 6.58. The summed E-state index contributed by atoms with van der Waals surface area (Å²) in [7, 11) is 0. The molecule has 3 rings (SSSR count). The number of piperidine rings is 1. The van der Waals surface area contributed by atoms with Crippen LogP contribution in [-0.4, -0.2) is 23.3 Å². The quantitative estimate of drug-likeness (QED) is 0.380. The molecule has 0 aliphatic carbocycles. The van der Waals surface area contributed by atoms with Crippen LogP contribution < -0.4 is 0 Å². The summed E-state index contributed by atoms with van der Waals surface area (Å²) in [6, 6.07) is 12.1. The van der Waals surface area contributed by atoms with Crippen molar-refractivity contribution in [3.63, 3.8) is 0 Å². The molecule has 0 N–H and O–H groups in total. The van der Waals surface area contributed by atoms with E-state index in [1.807, 2.05) is 0 Å². The van der Waals surface area contributed by atoms with Gasteiger partial charge >= 0.3 is 0 Å². The van der Waals surface area contributed by atoms with Gasteiger partial charge in [-0.15, -0.1) is 0 Å². The van der Waals surface area contributed by atoms with Crippen LogP contribution in [0, 0.1) is 0 Å². The monoisotopic (exact) mass is 371 g/mol. The van der Waals surface area contributed by atoms with Gasteiger partial charge in [0.1, 0.15) is 5.72 Å². The van der Waals surface area contributed by atoms with Gasteiger partial charge in [-0.3, -0.25) is 4.90 Å². The second-order valence-corrected chi connectivity index (χ2v) is 8.91. The first-order chi connectivity index (χ1) is 13.3. The fraction of sp³-hybridized carbons (Fsp3) is 0.760. The summed E-state index contributed by atoms with van der Waals surface area (Å²) in [4.78, 5) is 2.75. The summed E-state index contributed by atoms with van der Waals surface area (Å²) < 4.78 is 6.58. The predicted molar refractivity (Wildman–Crippen MR) is 115 cm³/mol. The van der Waals surface area contributed by atoms with Crippen molar-refractivity contribution in [2.75, 3.05) is 6.61 Å². The molecule has 0 unspecified atom stereocenters. The number of hydrogen-bond acceptors (Lipinski definition) is 2. The highest BCUT2D eigenvalue weighted by molar-refractivity contribution is 5.21. The van der Waals surface area contributed by atoms with Gasteiger partial charge in [0.2, 0.25) is 0 Å². The minimum atomic E-state index is 0.0132. The van der Waals surface area contributed by atoms with Crippen LogP contribution in [0.25, 0.3) is 0 Å². The van der Waals surface area contributed by atoms with Gasteiger partial charge < -0.3 is 4.74 Å². The highest BCUT2D eigenvalue weighted by Crippen LogP contribution is 2.47. The Labute approximate surface area is 167 Å². The Morgan fingerprint density at radius 3 is 2.33 bits per heavy atom. The number of unbranched alkanes of at least 4 members (excludes halogenated alkanes) is 8. The fourth-order valence-electron chi connectivity index (χ4n) is 5.37. The molecular weight excluding hydrogens is 330 g/mol. The van der Waals surface area contributed by atoms with Gasteiger partial charge in [-0.05, 0) is 44.6 Å². The zero-order chi connectivity index (χ0) is 19.0. The summed E-state index contributed by atoms with van der Waals surface area (Å²) in [5, 5.41) is 0. The molecule has 0 bridgehead atoms. The second kappa shape index (κ2) is 10.6. The maximum atomic E-state index is 6.58. The molecule has 2 nitrogen and oxygen atoms in total. The number of ether oxygens (including phenoxy) is 1. The molecular formula is C25H41NO. The SMILES string of the molecule is CCCCCCCCCCC[C@@]12CCC[C@H](C)N1[C@H](c1ccccc1)CO2. The Bertz CT molecular complexity index is 530. The third kappa shape index (κ3) is 5.35. The molecule has 152 valence electrons. The van der Waals surface area contributed by atoms with E-state index < -0.39 is 0 Å². The second-order valence-electron chi connectivity index (χ2n) is 8.91. The number of rotatable bonds is 11. The van der Waals surface area contributed by atoms with Crippen molar-refractivity contribution in [1.29, 1.82) is 0 Å². The molecule has 0 amide bonds. The molecule has 0 radical (unpaired) electrons. The van der Waals surface area contributed by atoms with E-state index >= 15 is 0 Å². The average molecular weight is 372 g/mol. The molecule has 2 heterocycles. The van der Waals surface area contributed by atoms with E-state index in [1.54, 1.807) is 0 Å². The number of hydrogen-bond donors (Lipinski definition) is 0. The normalized spacial score (nSPS) is 28.4. The molecule has 2 heteroatoms. The molecule has 0 spiro atoms. The minimum absolute atomic E-state index is 0.0132. The van der Waals surface area contributed by atoms with Crippen LogP contribution in [0.2, 0.25) is 0 Å². The van der Waals surface area contributed by atoms with Crippen molar-refractivity contribution < 1.29 is 4.74 Å². The summed E-state index contributed by atoms with van der Waals surface area (Å²) in [5.41, 5.74) is 1.44. The van der Waals surface area contributed by atoms with Crippen LogP contribution in [-0.2, 0) is 4.74 Å². The minimum Gasteiger partial charge on any atom is -0.358 e. The van der Waals surface area contributed by atoms with Crippen molar-refractivity contribution in [3.8, 4) is 0 Å². The van der Waals surface area contributed by atoms with Crippen LogP contribution >= 0.6 is 0 Å². The zero-order valence-corrected chi connectivity index (χ0v) is 17.8. The van der Waals surface area contributed by atoms with Gasteiger partial charge in [-0.1, -0.05) is 88.6 Å². The van der Waals surface area contributed by atoms with Crippen LogP contribution in [0.5, 0.6) is 0 Å². The topological polar surface area (TPSA) is 12.5 Å². The van der Waals surface area contributed by atoms with Crippen LogP contribution in [0.3, 0.4) is 0 Å². The molecule has 1 aromatic rings. The molecule has 2 aliphatic rings. The van der Waals surface area contributed by atoms with Gasteiger partial charge in [-0.2, -0.15) is 0 Å². The average Bonchev–Trinajstić information content (AvgIpc) is 3.08. The lowest BCUT2D eigenvalue weighted by Crippen LogP contribution is -2.53. The van der Waals surface area contributed by atoms with E-state index in [-0.39, 0.29) is 5.72 Å². The van der Waals surface area contributed by atoms with Crippen molar-refractivity contribution in [2.24, 2.45) is 0 Å². The van der Waals surface area contributed by atoms with Gasteiger partial charge in [0.25, 0.3) is 0 Å². The Balaban J connectivity index is 1.48. The summed E-state index contributed by atoms with van der Waals surface area (Å²) in [6.07, 6.45) is 17.6. The number of benzene rings is 1. The number of nitrogens with zero attached hydrogens (tertiary/aromatic N) is 1. The molecule has 2 aliphatic heterocycles. The van der Waals surface area contributed by atoms with Gasteiger partial charge in [0.05, 0.1) is 12.6 Å². The predicted octanol–water partition coefficient (Wildman–Crippen LogP) is 7.25. The molecule has 2 saturated heterocycles. The maximum Gasteiger partial charge on any atom is 0.122 e. The van der Waals surface area contributed by atoms with E-state index in [0.29, 0.717) is 12.1 Å². The van der Waals surface area contributed by atoms with Crippen LogP contribution in [0.1, 0.15) is 109 Å². The lowest BCUT2D eigenvalue weighted by Gasteiger charge is -2.47. The summed E-state index contributed by atoms with van der Waals surface area (Å²) >= 11 is 0. The lowest BCUT2D eigenvalue weighted by atomic mass is 9.87. The third-order valence-corrected chi connectivity index (χ3v) is 6.84. The number of fused-ring (bicyclic) bond motifs is 1. The van der Waals surface area contributed by atoms with Gasteiger partial charge in [0, 0.05) is 6.04 Å². The standard InChI is InChI=1S/C25H41NO/c1-3-4-5-6-7-8-9-10-14-19-25-20-15-16-22(2)26(25)24(21-27-25)23-17-12-11-13-18-23/h11-13,17-18,22,24H,3-10,14-16,19-21H2,1-2H3/t22-,24-,25+/m0/s1. The van der Waals surface area contributed by atoms with Crippen LogP contribution in [0.15, 0.2) is 30.3 Å². The first-order valence-electron chi connectivity index (χ1n) is 11.7. The van der Waals surface area contributed by atoms with E-state index in [9.17, 15) is 0 Å². The Morgan fingerprint density at radius 1 is 0.963 bits per heavy atom. The lowest BCUT2D eigenvalue weighted by molar-refractivity contribution is -0.133. The van der Waals surface area contributed by atoms with Crippen molar-refractivity contribution in [3.05, 3.63) is 35.9 Å². The largest absolute Gasteiger partial charge is 0.358 e. The molecule has 0 saturated carbocycles. The fourth-order valence-corrected chi connectivity index (χ4v) is 5.37. The smallest absolute Gasteiger partial charge is 0.122 e. The molecule has 0 aromatic heterocycles. The highest BCUT2D eigenvalue weighted by Gasteiger charge is 2.51. The molecule has 2 fully saturated rings. The third-order valence-electron chi connectivity index (χ3n) is 6.84. The van der Waals surface area contributed by atoms with E-state index in [2.05, 4.69) is 49.1 Å². The molecule has 3 atom stereocenters. The van der Waals surface area contributed by atoms with E-state index in [4.69, 9.17) is 4.74 Å². The van der Waals surface area contributed by atoms with Crippen molar-refractivity contribution >= 4 is 0 Å². The van der Waals surface area contributed by atoms with Gasteiger partial charge in [0.15, 0.2) is 0 Å². The Morgan fingerprint density at radius 2 is 1.63 bits per heavy atom. The van der Waals surface area contributed by atoms with E-state index in [1.165, 1.54) is 89.0 Å². The van der Waals surface area contributed by atoms with Crippen molar-refractivity contribution in [2.45, 2.75) is 115 Å². The molecule has 1 aromatic carbocycles. The summed E-state index contributed by atoms with van der Waals surface area (Å²) in [6.45, 7) is 5.57. The zero-order valence-electron chi connectivity index (χ0n) is 17.8. The molecule has 27 heavy (non-hydrogen) atoms. The Hall–Kier alpha value is -0.860. The van der Waals surface area contributed by atoms with Crippen molar-refractivity contribution in [1.82, 2.24) is 4.90 Å². The highest BCUT2D eigenvalue weighted by atomic mass is 16.5. The van der Waals surface area contributed by atoms with Gasteiger partial charge in [-0.25, -0.2) is 0 Å². The van der Waals surface area contributed by atoms with E-state index in [0.717, 1.165) is 6.61 Å². The first-order valence-corrected chi connectivity index (χ1v) is 11.7. The summed E-state index contributed by atoms with van der Waals surface area (Å²) in [5.74, 6) is 0.